The van der Waals surface area contributed by atoms with Crippen LogP contribution in [0, 0.1) is 5.82 Å². The molecule has 0 saturated carbocycles. The van der Waals surface area contributed by atoms with Crippen molar-refractivity contribution in [1.82, 2.24) is 0 Å². The van der Waals surface area contributed by atoms with Crippen LogP contribution < -0.4 is 10.5 Å². The summed E-state index contributed by atoms with van der Waals surface area (Å²) in [5.41, 5.74) is 5.39. The molecule has 0 spiro atoms. The highest BCUT2D eigenvalue weighted by Crippen LogP contribution is 2.21. The van der Waals surface area contributed by atoms with Crippen molar-refractivity contribution < 1.29 is 22.3 Å². The molecule has 1 atom stereocenters. The first-order chi connectivity index (χ1) is 8.27. The van der Waals surface area contributed by atoms with Gasteiger partial charge in [-0.3, -0.25) is 9.52 Å². The maximum Gasteiger partial charge on any atom is 0.325 e. The van der Waals surface area contributed by atoms with Gasteiger partial charge in [0.2, 0.25) is 10.0 Å². The Bertz CT molecular complexity index is 559. The highest BCUT2D eigenvalue weighted by molar-refractivity contribution is 7.94. The number of carbonyl (C=O) groups is 1. The summed E-state index contributed by atoms with van der Waals surface area (Å²) in [7, 11) is -2.90. The average molecular weight is 276 g/mol. The van der Waals surface area contributed by atoms with Crippen LogP contribution >= 0.6 is 0 Å². The Labute approximate surface area is 104 Å². The molecular weight excluding hydrogens is 263 g/mol. The van der Waals surface area contributed by atoms with Gasteiger partial charge in [0, 0.05) is 0 Å². The Hall–Kier alpha value is -1.83. The van der Waals surface area contributed by atoms with Crippen molar-refractivity contribution in [2.24, 2.45) is 0 Å². The van der Waals surface area contributed by atoms with Crippen LogP contribution in [0.5, 0.6) is 0 Å². The van der Waals surface area contributed by atoms with E-state index in [2.05, 4.69) is 9.46 Å². The number of hydrogen-bond donors (Lipinski definition) is 2. The van der Waals surface area contributed by atoms with E-state index in [4.69, 9.17) is 5.73 Å². The largest absolute Gasteiger partial charge is 0.468 e. The molecule has 100 valence electrons. The van der Waals surface area contributed by atoms with Crippen LogP contribution in [-0.4, -0.2) is 26.7 Å². The Morgan fingerprint density at radius 1 is 1.50 bits per heavy atom. The monoisotopic (exact) mass is 276 g/mol. The van der Waals surface area contributed by atoms with Gasteiger partial charge in [0.1, 0.15) is 5.82 Å². The molecule has 0 bridgehead atoms. The summed E-state index contributed by atoms with van der Waals surface area (Å²) in [6.07, 6.45) is 0. The van der Waals surface area contributed by atoms with Crippen LogP contribution in [0.15, 0.2) is 18.2 Å². The number of methoxy groups -OCH3 is 1. The van der Waals surface area contributed by atoms with Gasteiger partial charge in [-0.25, -0.2) is 12.8 Å². The predicted octanol–water partition coefficient (Wildman–Crippen LogP) is 0.711. The molecule has 0 fully saturated rings. The zero-order valence-electron chi connectivity index (χ0n) is 9.81. The lowest BCUT2D eigenvalue weighted by Gasteiger charge is -2.14. The van der Waals surface area contributed by atoms with Crippen molar-refractivity contribution in [2.75, 3.05) is 17.6 Å². The second-order valence-electron chi connectivity index (χ2n) is 3.54. The summed E-state index contributed by atoms with van der Waals surface area (Å²) in [6.45, 7) is 1.17. The zero-order valence-corrected chi connectivity index (χ0v) is 10.6. The first-order valence-electron chi connectivity index (χ1n) is 4.92. The van der Waals surface area contributed by atoms with Gasteiger partial charge in [-0.1, -0.05) is 0 Å². The quantitative estimate of drug-likeness (QED) is 0.623. The van der Waals surface area contributed by atoms with Crippen molar-refractivity contribution in [3.05, 3.63) is 24.0 Å². The summed E-state index contributed by atoms with van der Waals surface area (Å²) in [4.78, 5) is 11.2. The predicted molar refractivity (Wildman–Crippen MR) is 64.8 cm³/mol. The number of halogens is 1. The van der Waals surface area contributed by atoms with Gasteiger partial charge in [0.05, 0.1) is 18.5 Å². The van der Waals surface area contributed by atoms with E-state index in [1.165, 1.54) is 13.0 Å². The first kappa shape index (κ1) is 14.2. The third-order valence-corrected chi connectivity index (χ3v) is 3.89. The molecule has 3 N–H and O–H groups in total. The summed E-state index contributed by atoms with van der Waals surface area (Å²) < 4.78 is 42.8. The van der Waals surface area contributed by atoms with Gasteiger partial charge in [0.15, 0.2) is 5.25 Å². The van der Waals surface area contributed by atoms with Crippen molar-refractivity contribution in [2.45, 2.75) is 12.2 Å². The second-order valence-corrected chi connectivity index (χ2v) is 5.55. The standard InChI is InChI=1S/C10H13FN2O4S/c1-6(10(14)17-2)18(15,16)13-9-4-3-7(11)5-8(9)12/h3-6,13H,12H2,1-2H3. The number of nitrogen functional groups attached to an aromatic ring is 1. The average Bonchev–Trinajstić information content (AvgIpc) is 2.30. The number of sulfonamides is 1. The lowest BCUT2D eigenvalue weighted by atomic mass is 10.3. The van der Waals surface area contributed by atoms with Gasteiger partial charge in [-0.05, 0) is 25.1 Å². The highest BCUT2D eigenvalue weighted by atomic mass is 32.2. The molecule has 0 radical (unpaired) electrons. The smallest absolute Gasteiger partial charge is 0.325 e. The van der Waals surface area contributed by atoms with E-state index in [0.717, 1.165) is 19.2 Å². The minimum absolute atomic E-state index is 0.00662. The third-order valence-electron chi connectivity index (χ3n) is 2.26. The number of ether oxygens (including phenoxy) is 1. The fraction of sp³-hybridized carbons (Fsp3) is 0.300. The van der Waals surface area contributed by atoms with Crippen molar-refractivity contribution in [3.8, 4) is 0 Å². The molecule has 0 aromatic heterocycles. The van der Waals surface area contributed by atoms with Gasteiger partial charge < -0.3 is 10.5 Å². The van der Waals surface area contributed by atoms with E-state index in [0.29, 0.717) is 0 Å². The minimum atomic E-state index is -3.99. The van der Waals surface area contributed by atoms with Crippen molar-refractivity contribution in [3.63, 3.8) is 0 Å². The molecule has 1 unspecified atom stereocenters. The van der Waals surface area contributed by atoms with E-state index in [9.17, 15) is 17.6 Å². The van der Waals surface area contributed by atoms with Crippen LogP contribution in [0.25, 0.3) is 0 Å². The van der Waals surface area contributed by atoms with Crippen LogP contribution in [0.4, 0.5) is 15.8 Å². The number of carbonyl (C=O) groups excluding carboxylic acids is 1. The maximum atomic E-state index is 12.8. The number of nitrogens with one attached hydrogen (secondary N) is 1. The van der Waals surface area contributed by atoms with Crippen molar-refractivity contribution >= 4 is 27.4 Å². The lowest BCUT2D eigenvalue weighted by Crippen LogP contribution is -2.33. The molecule has 18 heavy (non-hydrogen) atoms. The topological polar surface area (TPSA) is 98.5 Å². The fourth-order valence-electron chi connectivity index (χ4n) is 1.16. The summed E-state index contributed by atoms with van der Waals surface area (Å²) in [5.74, 6) is -1.49. The van der Waals surface area contributed by atoms with E-state index in [1.54, 1.807) is 0 Å². The second kappa shape index (κ2) is 5.21. The molecule has 0 aliphatic carbocycles. The summed E-state index contributed by atoms with van der Waals surface area (Å²) in [5, 5.41) is -1.40. The number of rotatable bonds is 4. The number of hydrogen-bond acceptors (Lipinski definition) is 5. The molecule has 0 saturated heterocycles. The Kier molecular flexibility index (Phi) is 4.12. The number of nitrogens with two attached hydrogens (primary N) is 1. The van der Waals surface area contributed by atoms with Gasteiger partial charge in [-0.15, -0.1) is 0 Å². The normalized spacial score (nSPS) is 12.8. The SMILES string of the molecule is COC(=O)C(C)S(=O)(=O)Nc1ccc(F)cc1N. The van der Waals surface area contributed by atoms with Gasteiger partial charge >= 0.3 is 5.97 Å². The lowest BCUT2D eigenvalue weighted by molar-refractivity contribution is -0.139. The first-order valence-corrected chi connectivity index (χ1v) is 6.47. The van der Waals surface area contributed by atoms with Crippen LogP contribution in [0.2, 0.25) is 0 Å². The summed E-state index contributed by atoms with van der Waals surface area (Å²) >= 11 is 0. The molecule has 8 heteroatoms. The Morgan fingerprint density at radius 3 is 2.61 bits per heavy atom. The summed E-state index contributed by atoms with van der Waals surface area (Å²) in [6, 6.07) is 3.20. The molecule has 1 aromatic carbocycles. The van der Waals surface area contributed by atoms with Crippen molar-refractivity contribution in [1.29, 1.82) is 0 Å². The molecule has 0 aliphatic heterocycles. The van der Waals surface area contributed by atoms with E-state index in [-0.39, 0.29) is 11.4 Å². The van der Waals surface area contributed by atoms with Crippen LogP contribution in [-0.2, 0) is 19.6 Å². The van der Waals surface area contributed by atoms with E-state index in [1.807, 2.05) is 0 Å². The Morgan fingerprint density at radius 2 is 2.11 bits per heavy atom. The number of anilines is 2. The molecule has 0 heterocycles. The molecule has 1 aromatic rings. The van der Waals surface area contributed by atoms with E-state index >= 15 is 0 Å². The van der Waals surface area contributed by atoms with Crippen LogP contribution in [0.1, 0.15) is 6.92 Å². The molecule has 0 aliphatic rings. The molecule has 0 amide bonds. The number of esters is 1. The van der Waals surface area contributed by atoms with Gasteiger partial charge in [-0.2, -0.15) is 0 Å². The zero-order chi connectivity index (χ0) is 13.9. The van der Waals surface area contributed by atoms with Gasteiger partial charge in [0.25, 0.3) is 0 Å². The Balaban J connectivity index is 2.99. The highest BCUT2D eigenvalue weighted by Gasteiger charge is 2.29. The van der Waals surface area contributed by atoms with Crippen LogP contribution in [0.3, 0.4) is 0 Å². The minimum Gasteiger partial charge on any atom is -0.468 e. The van der Waals surface area contributed by atoms with E-state index < -0.39 is 27.1 Å². The molecule has 6 nitrogen and oxygen atoms in total. The third kappa shape index (κ3) is 3.10. The maximum absolute atomic E-state index is 12.8. The molecule has 1 rings (SSSR count). The number of benzene rings is 1. The fourth-order valence-corrected chi connectivity index (χ4v) is 2.18. The molecular formula is C10H13FN2O4S.